The minimum Gasteiger partial charge on any atom is -0.289 e. The summed E-state index contributed by atoms with van der Waals surface area (Å²) in [4.78, 5) is 15.0. The summed E-state index contributed by atoms with van der Waals surface area (Å²) in [6, 6.07) is 30.1. The van der Waals surface area contributed by atoms with Crippen molar-refractivity contribution in [1.82, 2.24) is 0 Å². The first-order valence-corrected chi connectivity index (χ1v) is 19.6. The molecule has 0 heterocycles. The van der Waals surface area contributed by atoms with E-state index in [0.717, 1.165) is 5.56 Å². The maximum absolute atomic E-state index is 15.4. The fourth-order valence-corrected chi connectivity index (χ4v) is 9.19. The highest BCUT2D eigenvalue weighted by molar-refractivity contribution is 7.97. The Labute approximate surface area is 365 Å². The molecule has 0 fully saturated rings. The molecular weight excluding hydrogens is 967 g/mol. The second-order valence-electron chi connectivity index (χ2n) is 13.8. The Morgan fingerprint density at radius 3 is 0.716 bits per heavy atom. The van der Waals surface area contributed by atoms with Crippen molar-refractivity contribution in [1.29, 1.82) is 0 Å². The molecule has 7 aromatic rings. The third-order valence-corrected chi connectivity index (χ3v) is 12.4. The molecule has 7 aromatic carbocycles. The fourth-order valence-electron chi connectivity index (χ4n) is 7.18. The van der Waals surface area contributed by atoms with Crippen LogP contribution in [0, 0.1) is 116 Å². The van der Waals surface area contributed by atoms with Crippen LogP contribution < -0.4 is 21.9 Å². The molecule has 0 amide bonds. The van der Waals surface area contributed by atoms with Crippen molar-refractivity contribution < 1.29 is 92.6 Å². The zero-order valence-electron chi connectivity index (χ0n) is 32.3. The largest absolute Gasteiger partial charge is 0.289 e. The second kappa shape index (κ2) is 19.2. The van der Waals surface area contributed by atoms with Crippen LogP contribution in [0.3, 0.4) is 0 Å². The van der Waals surface area contributed by atoms with Crippen LogP contribution in [0.15, 0.2) is 101 Å². The number of hydrogen-bond acceptors (Lipinski definition) is 1. The summed E-state index contributed by atoms with van der Waals surface area (Å²) >= 11 is 0. The van der Waals surface area contributed by atoms with E-state index in [4.69, 9.17) is 0 Å². The molecule has 0 bridgehead atoms. The number of rotatable bonds is 9. The van der Waals surface area contributed by atoms with Crippen molar-refractivity contribution in [3.8, 4) is 0 Å². The van der Waals surface area contributed by atoms with Gasteiger partial charge in [-0.15, -0.1) is 21.9 Å². The lowest BCUT2D eigenvalue weighted by molar-refractivity contribution is 0.102. The van der Waals surface area contributed by atoms with Crippen molar-refractivity contribution in [2.45, 2.75) is 9.79 Å². The van der Waals surface area contributed by atoms with E-state index in [0.29, 0.717) is 5.75 Å². The van der Waals surface area contributed by atoms with Crippen molar-refractivity contribution in [2.24, 2.45) is 0 Å². The van der Waals surface area contributed by atoms with Gasteiger partial charge in [-0.05, 0) is 24.3 Å². The quantitative estimate of drug-likeness (QED) is 0.0352. The zero-order chi connectivity index (χ0) is 49.6. The van der Waals surface area contributed by atoms with Gasteiger partial charge >= 0.3 is 0 Å². The van der Waals surface area contributed by atoms with Gasteiger partial charge in [0.25, 0.3) is 0 Å². The molecule has 0 aliphatic rings. The lowest BCUT2D eigenvalue weighted by Crippen LogP contribution is -2.81. The van der Waals surface area contributed by atoms with Gasteiger partial charge in [0.05, 0.1) is 10.9 Å². The molecule has 0 radical (unpaired) electrons. The Bertz CT molecular complexity index is 2650. The minimum absolute atomic E-state index is 0.191. The maximum atomic E-state index is 15.4. The SMILES string of the molecule is Fc1c(F)c(F)c([B-](c2c(F)c(F)c(F)c(F)c2F)(c2c(F)c(F)c(F)c(F)c2F)c2c(F)c(F)c(F)c(F)c2F)c(F)c1F.O=C(C[S+](c1ccccc1)c1ccccc1)c1ccccc1. The lowest BCUT2D eigenvalue weighted by Gasteiger charge is -2.44. The Kier molecular flexibility index (Phi) is 14.2. The summed E-state index contributed by atoms with van der Waals surface area (Å²) in [7, 11) is -0.231. The van der Waals surface area contributed by atoms with E-state index in [9.17, 15) is 57.5 Å². The minimum atomic E-state index is -7.22. The van der Waals surface area contributed by atoms with Crippen molar-refractivity contribution >= 4 is 44.7 Å². The molecule has 348 valence electrons. The molecule has 0 unspecified atom stereocenters. The van der Waals surface area contributed by atoms with Crippen LogP contribution in [0.1, 0.15) is 10.4 Å². The van der Waals surface area contributed by atoms with E-state index >= 15 is 35.1 Å². The van der Waals surface area contributed by atoms with Crippen LogP contribution in [-0.4, -0.2) is 17.7 Å². The Hall–Kier alpha value is -6.78. The summed E-state index contributed by atoms with van der Waals surface area (Å²) in [5.74, 6) is -70.7. The highest BCUT2D eigenvalue weighted by atomic mass is 32.2. The number of benzene rings is 7. The molecule has 0 atom stereocenters. The van der Waals surface area contributed by atoms with Gasteiger partial charge in [-0.2, -0.15) is 0 Å². The van der Waals surface area contributed by atoms with Crippen LogP contribution >= 0.6 is 0 Å². The van der Waals surface area contributed by atoms with Gasteiger partial charge < -0.3 is 0 Å². The summed E-state index contributed by atoms with van der Waals surface area (Å²) in [6.45, 7) is 0. The molecule has 7 rings (SSSR count). The average Bonchev–Trinajstić information content (AvgIpc) is 3.34. The number of hydrogen-bond donors (Lipinski definition) is 0. The second-order valence-corrected chi connectivity index (χ2v) is 15.8. The monoisotopic (exact) mass is 984 g/mol. The van der Waals surface area contributed by atoms with E-state index in [2.05, 4.69) is 24.3 Å². The lowest BCUT2D eigenvalue weighted by atomic mass is 9.12. The van der Waals surface area contributed by atoms with Gasteiger partial charge in [-0.25, -0.2) is 87.8 Å². The molecule has 0 aromatic heterocycles. The molecule has 0 saturated heterocycles. The zero-order valence-corrected chi connectivity index (χ0v) is 33.1. The van der Waals surface area contributed by atoms with E-state index in [1.54, 1.807) is 0 Å². The molecule has 0 aliphatic heterocycles. The summed E-state index contributed by atoms with van der Waals surface area (Å²) in [6.07, 6.45) is -7.22. The van der Waals surface area contributed by atoms with Crippen LogP contribution in [0.25, 0.3) is 0 Å². The van der Waals surface area contributed by atoms with E-state index in [1.165, 1.54) is 9.79 Å². The molecule has 23 heteroatoms. The van der Waals surface area contributed by atoms with Gasteiger partial charge in [0.15, 0.2) is 85.4 Å². The number of Topliss-reactive ketones (excluding diaryl/α,β-unsaturated/α-hetero) is 1. The van der Waals surface area contributed by atoms with E-state index in [-0.39, 0.29) is 16.7 Å². The number of ketones is 1. The van der Waals surface area contributed by atoms with Crippen molar-refractivity contribution in [2.75, 3.05) is 5.75 Å². The van der Waals surface area contributed by atoms with Gasteiger partial charge in [-0.3, -0.25) is 4.79 Å². The van der Waals surface area contributed by atoms with Crippen molar-refractivity contribution in [3.63, 3.8) is 0 Å². The molecule has 0 saturated carbocycles. The molecular formula is C44H17BF20OS. The first-order chi connectivity index (χ1) is 31.5. The van der Waals surface area contributed by atoms with Crippen LogP contribution in [0.2, 0.25) is 0 Å². The van der Waals surface area contributed by atoms with Gasteiger partial charge in [0.1, 0.15) is 52.7 Å². The third-order valence-electron chi connectivity index (χ3n) is 10.1. The molecule has 1 nitrogen and oxygen atoms in total. The molecule has 0 aliphatic carbocycles. The van der Waals surface area contributed by atoms with Gasteiger partial charge in [0.2, 0.25) is 5.78 Å². The van der Waals surface area contributed by atoms with Crippen LogP contribution in [-0.2, 0) is 10.9 Å². The van der Waals surface area contributed by atoms with Crippen LogP contribution in [0.5, 0.6) is 0 Å². The number of halogens is 20. The average molecular weight is 984 g/mol. The third kappa shape index (κ3) is 8.26. The highest BCUT2D eigenvalue weighted by Crippen LogP contribution is 2.31. The molecule has 0 spiro atoms. The summed E-state index contributed by atoms with van der Waals surface area (Å²) in [5, 5.41) is 0. The summed E-state index contributed by atoms with van der Waals surface area (Å²) in [5.41, 5.74) is -13.5. The first kappa shape index (κ1) is 49.7. The van der Waals surface area contributed by atoms with E-state index < -0.39 is 144 Å². The maximum Gasteiger partial charge on any atom is 0.212 e. The van der Waals surface area contributed by atoms with Gasteiger partial charge in [0, 0.05) is 5.56 Å². The normalized spacial score (nSPS) is 11.5. The Balaban J connectivity index is 0.000000279. The fraction of sp³-hybridized carbons (Fsp3) is 0.0227. The number of carbonyl (C=O) groups is 1. The smallest absolute Gasteiger partial charge is 0.212 e. The Morgan fingerprint density at radius 1 is 0.299 bits per heavy atom. The predicted octanol–water partition coefficient (Wildman–Crippen LogP) is 10.5. The Morgan fingerprint density at radius 2 is 0.493 bits per heavy atom. The number of carbonyl (C=O) groups excluding carboxylic acids is 1. The molecule has 67 heavy (non-hydrogen) atoms. The standard InChI is InChI=1S/C24BF20.C20H17OS/c26-5-1(6(27)14(35)21(42)13(5)34)25(2-7(28)15(36)22(43)16(37)8(2)29,3-9(30)17(38)23(44)18(39)10(3)31)4-11(32)19(40)24(45)20(41)12(4)33;21-20(17-10-4-1-5-11-17)16-22(18-12-6-2-7-13-18)19-14-8-3-9-15-19/h;1-15H,16H2/q-1;+1. The summed E-state index contributed by atoms with van der Waals surface area (Å²) < 4.78 is 294. The topological polar surface area (TPSA) is 17.1 Å². The predicted molar refractivity (Wildman–Crippen MR) is 202 cm³/mol. The van der Waals surface area contributed by atoms with E-state index in [1.807, 2.05) is 66.7 Å². The van der Waals surface area contributed by atoms with Crippen LogP contribution in [0.4, 0.5) is 87.8 Å². The van der Waals surface area contributed by atoms with Gasteiger partial charge in [-0.1, -0.05) is 66.7 Å². The highest BCUT2D eigenvalue weighted by Gasteiger charge is 2.52. The molecule has 0 N–H and O–H groups in total. The first-order valence-electron chi connectivity index (χ1n) is 18.2. The van der Waals surface area contributed by atoms with Crippen molar-refractivity contribution in [3.05, 3.63) is 213 Å².